The van der Waals surface area contributed by atoms with Crippen molar-refractivity contribution in [3.63, 3.8) is 0 Å². The molecule has 74 heavy (non-hydrogen) atoms. The summed E-state index contributed by atoms with van der Waals surface area (Å²) >= 11 is 1.98. The maximum Gasteiger partial charge on any atom is 0.343 e. The average molecular weight is 981 g/mol. The van der Waals surface area contributed by atoms with Crippen molar-refractivity contribution >= 4 is 88.9 Å². The minimum absolute atomic E-state index is 0.0895. The van der Waals surface area contributed by atoms with Crippen LogP contribution in [0.5, 0.6) is 0 Å². The van der Waals surface area contributed by atoms with E-state index in [0.29, 0.717) is 0 Å². The van der Waals surface area contributed by atoms with E-state index in [-0.39, 0.29) is 23.1 Å². The molecule has 0 spiro atoms. The van der Waals surface area contributed by atoms with E-state index in [9.17, 15) is 0 Å². The van der Waals surface area contributed by atoms with Gasteiger partial charge in [0.15, 0.2) is 0 Å². The van der Waals surface area contributed by atoms with Gasteiger partial charge in [0, 0.05) is 64.9 Å². The second-order valence-electron chi connectivity index (χ2n) is 24.0. The number of para-hydroxylation sites is 1. The van der Waals surface area contributed by atoms with Crippen molar-refractivity contribution in [1.29, 1.82) is 0 Å². The predicted octanol–water partition coefficient (Wildman–Crippen LogP) is 18.5. The Balaban J connectivity index is 1.11. The fourth-order valence-electron chi connectivity index (χ4n) is 13.7. The highest BCUT2D eigenvalue weighted by molar-refractivity contribution is 7.32. The van der Waals surface area contributed by atoms with Crippen LogP contribution in [0.4, 0.5) is 28.4 Å². The Morgan fingerprint density at radius 2 is 1.18 bits per heavy atom. The highest BCUT2D eigenvalue weighted by atomic mass is 32.1. The Kier molecular flexibility index (Phi) is 10.3. The molecule has 10 aromatic rings. The van der Waals surface area contributed by atoms with Gasteiger partial charge in [-0.2, -0.15) is 0 Å². The Morgan fingerprint density at radius 3 is 1.92 bits per heavy atom. The lowest BCUT2D eigenvalue weighted by Gasteiger charge is -2.45. The molecule has 5 heteroatoms. The fourth-order valence-corrected chi connectivity index (χ4v) is 15.0. The first-order valence-corrected chi connectivity index (χ1v) is 28.4. The first kappa shape index (κ1) is 45.8. The summed E-state index contributed by atoms with van der Waals surface area (Å²) in [6, 6.07) is 58.9. The summed E-state index contributed by atoms with van der Waals surface area (Å²) in [4.78, 5) is 5.39. The first-order valence-electron chi connectivity index (χ1n) is 27.6. The molecule has 0 saturated heterocycles. The lowest BCUT2D eigenvalue weighted by molar-refractivity contribution is 0.331. The van der Waals surface area contributed by atoms with Crippen LogP contribution in [-0.2, 0) is 29.1 Å². The summed E-state index contributed by atoms with van der Waals surface area (Å²) in [7, 11) is 0. The molecular weight excluding hydrogens is 916 g/mol. The molecule has 2 aliphatic carbocycles. The number of anilines is 5. The van der Waals surface area contributed by atoms with Gasteiger partial charge in [0.05, 0.1) is 5.69 Å². The van der Waals surface area contributed by atoms with E-state index in [1.165, 1.54) is 154 Å². The van der Waals surface area contributed by atoms with Gasteiger partial charge in [0.1, 0.15) is 11.2 Å². The summed E-state index contributed by atoms with van der Waals surface area (Å²) in [5.74, 6) is 0. The van der Waals surface area contributed by atoms with Gasteiger partial charge in [0.2, 0.25) is 0 Å². The highest BCUT2D eigenvalue weighted by Crippen LogP contribution is 2.59. The molecule has 0 radical (unpaired) electrons. The molecule has 2 aromatic heterocycles. The number of thiophene rings is 1. The van der Waals surface area contributed by atoms with Crippen molar-refractivity contribution < 1.29 is 4.42 Å². The Hall–Kier alpha value is -6.82. The summed E-state index contributed by atoms with van der Waals surface area (Å²) in [5, 5.41) is 3.65. The van der Waals surface area contributed by atoms with E-state index < -0.39 is 0 Å². The van der Waals surface area contributed by atoms with E-state index in [1.54, 1.807) is 0 Å². The lowest BCUT2D eigenvalue weighted by atomic mass is 9.46. The van der Waals surface area contributed by atoms with Gasteiger partial charge in [0.25, 0.3) is 0 Å². The molecule has 0 atom stereocenters. The van der Waals surface area contributed by atoms with Crippen molar-refractivity contribution in [2.75, 3.05) is 9.71 Å². The number of rotatable bonds is 9. The van der Waals surface area contributed by atoms with Gasteiger partial charge < -0.3 is 14.1 Å². The number of benzene rings is 8. The molecule has 4 heterocycles. The second-order valence-corrected chi connectivity index (χ2v) is 25.0. The molecule has 0 unspecified atom stereocenters. The third kappa shape index (κ3) is 6.70. The monoisotopic (exact) mass is 980 g/mol. The third-order valence-electron chi connectivity index (χ3n) is 18.1. The quantitative estimate of drug-likeness (QED) is 0.134. The van der Waals surface area contributed by atoms with Gasteiger partial charge in [-0.3, -0.25) is 0 Å². The number of nitrogens with zero attached hydrogens (tertiary/aromatic N) is 2. The van der Waals surface area contributed by atoms with Crippen LogP contribution < -0.4 is 20.0 Å². The van der Waals surface area contributed by atoms with E-state index in [0.717, 1.165) is 34.8 Å². The van der Waals surface area contributed by atoms with Crippen molar-refractivity contribution in [2.45, 2.75) is 123 Å². The molecular formula is C69H65BN2OS. The van der Waals surface area contributed by atoms with E-state index in [2.05, 4.69) is 217 Å². The molecule has 8 aromatic carbocycles. The Labute approximate surface area is 442 Å². The van der Waals surface area contributed by atoms with Gasteiger partial charge in [-0.15, -0.1) is 11.3 Å². The predicted molar refractivity (Wildman–Crippen MR) is 318 cm³/mol. The SMILES string of the molecule is CCCCc1ccc(N2c3cc4c(oc5ccccc54)c4c3B(c3sc5ccc(CCCC)cc5c32)N(c2ccc(-c3ccccc3)cc2)c2cc3c(cc2-4)-c2cc4c(cc2C3(C)C)C(C)(C)CCC4(C)C)cc1. The van der Waals surface area contributed by atoms with Crippen molar-refractivity contribution in [3.8, 4) is 33.4 Å². The van der Waals surface area contributed by atoms with Crippen molar-refractivity contribution in [1.82, 2.24) is 0 Å². The van der Waals surface area contributed by atoms with Gasteiger partial charge in [-0.1, -0.05) is 153 Å². The van der Waals surface area contributed by atoms with Crippen LogP contribution in [0, 0.1) is 0 Å². The number of furan rings is 1. The van der Waals surface area contributed by atoms with E-state index in [1.807, 2.05) is 11.3 Å². The number of hydrogen-bond donors (Lipinski definition) is 0. The fraction of sp³-hybridized carbons (Fsp3) is 0.275. The maximum absolute atomic E-state index is 7.30. The minimum atomic E-state index is -0.226. The van der Waals surface area contributed by atoms with Crippen LogP contribution in [0.25, 0.3) is 65.4 Å². The normalized spacial score (nSPS) is 16.3. The smallest absolute Gasteiger partial charge is 0.343 e. The van der Waals surface area contributed by atoms with Crippen molar-refractivity contribution in [2.24, 2.45) is 0 Å². The zero-order valence-electron chi connectivity index (χ0n) is 44.4. The second kappa shape index (κ2) is 16.6. The third-order valence-corrected chi connectivity index (χ3v) is 19.3. The van der Waals surface area contributed by atoms with Crippen LogP contribution in [0.3, 0.4) is 0 Å². The first-order chi connectivity index (χ1) is 35.8. The molecule has 0 fully saturated rings. The number of unbranched alkanes of at least 4 members (excludes halogenated alkanes) is 2. The topological polar surface area (TPSA) is 19.6 Å². The largest absolute Gasteiger partial charge is 0.455 e. The van der Waals surface area contributed by atoms with Crippen molar-refractivity contribution in [3.05, 3.63) is 185 Å². The summed E-state index contributed by atoms with van der Waals surface area (Å²) in [5.41, 5.74) is 25.6. The molecule has 366 valence electrons. The molecule has 0 N–H and O–H groups in total. The maximum atomic E-state index is 7.30. The van der Waals surface area contributed by atoms with E-state index >= 15 is 0 Å². The molecule has 14 rings (SSSR count). The molecule has 2 aliphatic heterocycles. The Bertz CT molecular complexity index is 3910. The number of hydrogen-bond acceptors (Lipinski definition) is 4. The van der Waals surface area contributed by atoms with Crippen LogP contribution in [-0.4, -0.2) is 6.85 Å². The lowest BCUT2D eigenvalue weighted by Crippen LogP contribution is -2.60. The van der Waals surface area contributed by atoms with Gasteiger partial charge >= 0.3 is 6.85 Å². The van der Waals surface area contributed by atoms with Gasteiger partial charge in [-0.05, 0) is 177 Å². The molecule has 4 aliphatic rings. The standard InChI is InChI=1S/C69H65BN2OS/c1-9-11-18-42-24-29-46(30-25-42)71-59-39-51-48-22-16-17-23-60(48)73-65(51)62-52-37-49-50-38-56-57(68(5,6)35-34-67(56,3)4)40-54(50)69(7,8)55(49)41-58(52)72(47-31-27-45(28-32-47)44-20-14-13-15-21-44)70(63(59)62)66-64(71)53-36-43(19-12-10-2)26-33-61(53)74-66/h13-17,20-33,36-41H,9-12,18-19,34-35H2,1-8H3. The number of fused-ring (bicyclic) bond motifs is 14. The van der Waals surface area contributed by atoms with Crippen LogP contribution in [0.2, 0.25) is 0 Å². The molecule has 0 saturated carbocycles. The minimum Gasteiger partial charge on any atom is -0.455 e. The van der Waals surface area contributed by atoms with Gasteiger partial charge in [-0.25, -0.2) is 0 Å². The van der Waals surface area contributed by atoms with E-state index in [4.69, 9.17) is 4.42 Å². The highest BCUT2D eigenvalue weighted by Gasteiger charge is 2.50. The molecule has 0 amide bonds. The summed E-state index contributed by atoms with van der Waals surface area (Å²) < 4.78 is 9.99. The average Bonchev–Trinajstić information content (AvgIpc) is 4.16. The Morgan fingerprint density at radius 1 is 0.541 bits per heavy atom. The zero-order valence-corrected chi connectivity index (χ0v) is 45.2. The van der Waals surface area contributed by atoms with Crippen LogP contribution >= 0.6 is 11.3 Å². The van der Waals surface area contributed by atoms with Crippen LogP contribution in [0.15, 0.2) is 156 Å². The summed E-state index contributed by atoms with van der Waals surface area (Å²) in [6.07, 6.45) is 9.26. The zero-order chi connectivity index (χ0) is 50.4. The van der Waals surface area contributed by atoms with Crippen LogP contribution in [0.1, 0.15) is 127 Å². The summed E-state index contributed by atoms with van der Waals surface area (Å²) in [6.45, 7) is 19.3. The molecule has 0 bridgehead atoms. The number of aryl methyl sites for hydroxylation is 2. The molecule has 3 nitrogen and oxygen atoms in total.